The van der Waals surface area contributed by atoms with Crippen LogP contribution in [0.2, 0.25) is 0 Å². The van der Waals surface area contributed by atoms with Crippen molar-refractivity contribution in [1.82, 2.24) is 0 Å². The van der Waals surface area contributed by atoms with Gasteiger partial charge in [-0.25, -0.2) is 0 Å². The normalized spacial score (nSPS) is 43.0. The van der Waals surface area contributed by atoms with Crippen LogP contribution >= 0.6 is 9.47 Å². The molecule has 5 nitrogen and oxygen atoms in total. The van der Waals surface area contributed by atoms with Crippen molar-refractivity contribution < 1.29 is 24.6 Å². The highest BCUT2D eigenvalue weighted by Crippen LogP contribution is 2.23. The molecular weight excluding hydrogens is 183 g/mol. The van der Waals surface area contributed by atoms with E-state index < -0.39 is 18.0 Å². The van der Waals surface area contributed by atoms with Crippen LogP contribution < -0.4 is 0 Å². The average molecular weight is 196 g/mol. The van der Waals surface area contributed by atoms with Gasteiger partial charge >= 0.3 is 0 Å². The van der Waals surface area contributed by atoms with Gasteiger partial charge in [0, 0.05) is 15.9 Å². The number of aliphatic hydroxyl groups excluding tert-OH is 2. The molecule has 1 aliphatic heterocycles. The van der Waals surface area contributed by atoms with Gasteiger partial charge in [0.25, 0.3) is 0 Å². The Morgan fingerprint density at radius 1 is 1.50 bits per heavy atom. The first-order valence-corrected chi connectivity index (χ1v) is 4.09. The molecule has 0 radical (unpaired) electrons. The average Bonchev–Trinajstić information content (AvgIpc) is 1.98. The molecule has 0 amide bonds. The molecule has 4 unspecified atom stereocenters. The van der Waals surface area contributed by atoms with Gasteiger partial charge in [-0.15, -0.1) is 0 Å². The summed E-state index contributed by atoms with van der Waals surface area (Å²) in [5.41, 5.74) is 0. The van der Waals surface area contributed by atoms with E-state index in [1.165, 1.54) is 0 Å². The highest BCUT2D eigenvalue weighted by atomic mass is 31.0. The maximum absolute atomic E-state index is 9.53. The van der Waals surface area contributed by atoms with Crippen molar-refractivity contribution in [2.45, 2.75) is 24.4 Å². The first kappa shape index (κ1) is 10.3. The predicted molar refractivity (Wildman–Crippen MR) is 43.2 cm³/mol. The molecular formula is C6H13O5P. The molecule has 0 aliphatic carbocycles. The monoisotopic (exact) mass is 196 g/mol. The van der Waals surface area contributed by atoms with Crippen molar-refractivity contribution >= 4 is 9.47 Å². The zero-order valence-electron chi connectivity index (χ0n) is 6.51. The van der Waals surface area contributed by atoms with E-state index in [1.807, 2.05) is 9.47 Å². The third kappa shape index (κ3) is 2.36. The van der Waals surface area contributed by atoms with Gasteiger partial charge in [0.1, 0.15) is 12.7 Å². The van der Waals surface area contributed by atoms with E-state index in [0.717, 1.165) is 0 Å². The fourth-order valence-corrected chi connectivity index (χ4v) is 1.36. The van der Waals surface area contributed by atoms with Crippen LogP contribution in [0.3, 0.4) is 0 Å². The van der Waals surface area contributed by atoms with E-state index in [-0.39, 0.29) is 19.6 Å². The SMILES string of the molecule is OC1COC(O)(COP)CC1O. The van der Waals surface area contributed by atoms with Gasteiger partial charge in [0.2, 0.25) is 0 Å². The van der Waals surface area contributed by atoms with E-state index in [1.54, 1.807) is 0 Å². The summed E-state index contributed by atoms with van der Waals surface area (Å²) in [4.78, 5) is 0. The fourth-order valence-electron chi connectivity index (χ4n) is 1.10. The molecule has 1 saturated heterocycles. The first-order valence-electron chi connectivity index (χ1n) is 3.61. The molecule has 0 spiro atoms. The zero-order chi connectivity index (χ0) is 9.19. The number of hydrogen-bond acceptors (Lipinski definition) is 5. The second-order valence-electron chi connectivity index (χ2n) is 2.91. The fraction of sp³-hybridized carbons (Fsp3) is 1.00. The van der Waals surface area contributed by atoms with Crippen molar-refractivity contribution in [2.24, 2.45) is 0 Å². The molecule has 1 heterocycles. The summed E-state index contributed by atoms with van der Waals surface area (Å²) in [5, 5.41) is 27.8. The van der Waals surface area contributed by atoms with E-state index in [2.05, 4.69) is 4.52 Å². The minimum Gasteiger partial charge on any atom is -0.390 e. The third-order valence-corrected chi connectivity index (χ3v) is 1.97. The van der Waals surface area contributed by atoms with Crippen molar-refractivity contribution in [2.75, 3.05) is 13.2 Å². The lowest BCUT2D eigenvalue weighted by Gasteiger charge is -2.36. The van der Waals surface area contributed by atoms with Crippen LogP contribution in [-0.4, -0.2) is 46.5 Å². The van der Waals surface area contributed by atoms with Gasteiger partial charge in [0.15, 0.2) is 5.79 Å². The molecule has 1 aliphatic rings. The molecule has 12 heavy (non-hydrogen) atoms. The molecule has 0 aromatic heterocycles. The summed E-state index contributed by atoms with van der Waals surface area (Å²) in [6, 6.07) is 0. The van der Waals surface area contributed by atoms with Gasteiger partial charge < -0.3 is 24.6 Å². The Morgan fingerprint density at radius 3 is 2.67 bits per heavy atom. The summed E-state index contributed by atoms with van der Waals surface area (Å²) >= 11 is 0. The van der Waals surface area contributed by atoms with Crippen LogP contribution in [0.5, 0.6) is 0 Å². The van der Waals surface area contributed by atoms with Gasteiger partial charge in [0.05, 0.1) is 12.7 Å². The standard InChI is InChI=1S/C6H13O5P/c7-4-1-6(9,3-11-12)10-2-5(4)8/h4-5,7-9H,1-3,12H2. The number of rotatable bonds is 2. The lowest BCUT2D eigenvalue weighted by Crippen LogP contribution is -2.51. The topological polar surface area (TPSA) is 79.2 Å². The minimum absolute atomic E-state index is 0.0391. The molecule has 0 bridgehead atoms. The molecule has 4 atom stereocenters. The predicted octanol–water partition coefficient (Wildman–Crippen LogP) is -1.38. The number of aliphatic hydroxyl groups is 3. The van der Waals surface area contributed by atoms with Gasteiger partial charge in [-0.2, -0.15) is 0 Å². The Labute approximate surface area is 72.6 Å². The molecule has 6 heteroatoms. The largest absolute Gasteiger partial charge is 0.390 e. The van der Waals surface area contributed by atoms with Gasteiger partial charge in [-0.1, -0.05) is 0 Å². The highest BCUT2D eigenvalue weighted by molar-refractivity contribution is 7.09. The number of hydrogen-bond donors (Lipinski definition) is 3. The van der Waals surface area contributed by atoms with Crippen molar-refractivity contribution in [3.8, 4) is 0 Å². The van der Waals surface area contributed by atoms with E-state index in [0.29, 0.717) is 0 Å². The maximum Gasteiger partial charge on any atom is 0.192 e. The van der Waals surface area contributed by atoms with Crippen LogP contribution in [0.1, 0.15) is 6.42 Å². The van der Waals surface area contributed by atoms with Crippen molar-refractivity contribution in [1.29, 1.82) is 0 Å². The summed E-state index contributed by atoms with van der Waals surface area (Å²) < 4.78 is 9.51. The molecule has 0 aromatic carbocycles. The molecule has 0 aromatic rings. The lowest BCUT2D eigenvalue weighted by molar-refractivity contribution is -0.278. The second-order valence-corrected chi connectivity index (χ2v) is 3.24. The van der Waals surface area contributed by atoms with Crippen LogP contribution in [0.4, 0.5) is 0 Å². The third-order valence-electron chi connectivity index (χ3n) is 1.80. The summed E-state index contributed by atoms with van der Waals surface area (Å²) in [7, 11) is 1.98. The molecule has 72 valence electrons. The smallest absolute Gasteiger partial charge is 0.192 e. The molecule has 1 fully saturated rings. The van der Waals surface area contributed by atoms with E-state index in [4.69, 9.17) is 9.84 Å². The van der Waals surface area contributed by atoms with E-state index >= 15 is 0 Å². The van der Waals surface area contributed by atoms with Crippen molar-refractivity contribution in [3.63, 3.8) is 0 Å². The quantitative estimate of drug-likeness (QED) is 0.474. The summed E-state index contributed by atoms with van der Waals surface area (Å²) in [6.45, 7) is -0.118. The van der Waals surface area contributed by atoms with E-state index in [9.17, 15) is 10.2 Å². The first-order chi connectivity index (χ1) is 5.57. The summed E-state index contributed by atoms with van der Waals surface area (Å²) in [5.74, 6) is -1.47. The Bertz CT molecular complexity index is 155. The second kappa shape index (κ2) is 3.96. The Morgan fingerprint density at radius 2 is 2.17 bits per heavy atom. The number of ether oxygens (including phenoxy) is 1. The summed E-state index contributed by atoms with van der Waals surface area (Å²) in [6.07, 6.45) is -1.92. The van der Waals surface area contributed by atoms with Crippen molar-refractivity contribution in [3.05, 3.63) is 0 Å². The highest BCUT2D eigenvalue weighted by Gasteiger charge is 2.39. The van der Waals surface area contributed by atoms with Gasteiger partial charge in [-0.05, 0) is 0 Å². The van der Waals surface area contributed by atoms with Crippen LogP contribution in [0, 0.1) is 0 Å². The molecule has 1 rings (SSSR count). The lowest BCUT2D eigenvalue weighted by atomic mass is 10.0. The Balaban J connectivity index is 2.48. The van der Waals surface area contributed by atoms with Gasteiger partial charge in [-0.3, -0.25) is 0 Å². The molecule has 0 saturated carbocycles. The minimum atomic E-state index is -1.47. The van der Waals surface area contributed by atoms with Crippen LogP contribution in [0.15, 0.2) is 0 Å². The van der Waals surface area contributed by atoms with Crippen LogP contribution in [-0.2, 0) is 9.26 Å². The van der Waals surface area contributed by atoms with Crippen LogP contribution in [0.25, 0.3) is 0 Å². The Hall–Kier alpha value is 0.230. The maximum atomic E-state index is 9.53. The Kier molecular flexibility index (Phi) is 3.40. The zero-order valence-corrected chi connectivity index (χ0v) is 7.67. The molecule has 3 N–H and O–H groups in total.